The first-order valence-electron chi connectivity index (χ1n) is 9.45. The quantitative estimate of drug-likeness (QED) is 0.718. The number of carbonyl (C=O) groups is 2. The molecule has 0 aliphatic carbocycles. The highest BCUT2D eigenvalue weighted by Crippen LogP contribution is 2.30. The lowest BCUT2D eigenvalue weighted by atomic mass is 9.90. The van der Waals surface area contributed by atoms with Gasteiger partial charge in [-0.25, -0.2) is 5.01 Å². The SMILES string of the molecule is CC(C)(C)C1=NN(CC(=O)NCc2ccncc2)C(=O)c2cc3sccc3n2C1. The first kappa shape index (κ1) is 19.3. The minimum absolute atomic E-state index is 0.123. The number of nitrogens with one attached hydrogen (secondary N) is 1. The van der Waals surface area contributed by atoms with Gasteiger partial charge in [0.15, 0.2) is 0 Å². The van der Waals surface area contributed by atoms with Crippen LogP contribution in [0.4, 0.5) is 0 Å². The number of nitrogens with zero attached hydrogens (tertiary/aromatic N) is 4. The first-order valence-corrected chi connectivity index (χ1v) is 10.3. The van der Waals surface area contributed by atoms with Crippen LogP contribution < -0.4 is 5.32 Å². The Morgan fingerprint density at radius 2 is 2.00 bits per heavy atom. The van der Waals surface area contributed by atoms with Gasteiger partial charge in [0.2, 0.25) is 5.91 Å². The van der Waals surface area contributed by atoms with Crippen molar-refractivity contribution in [3.8, 4) is 0 Å². The molecule has 29 heavy (non-hydrogen) atoms. The zero-order valence-electron chi connectivity index (χ0n) is 16.7. The monoisotopic (exact) mass is 409 g/mol. The molecule has 2 amide bonds. The Morgan fingerprint density at radius 3 is 2.72 bits per heavy atom. The van der Waals surface area contributed by atoms with E-state index in [1.165, 1.54) is 5.01 Å². The summed E-state index contributed by atoms with van der Waals surface area (Å²) in [4.78, 5) is 29.7. The molecule has 3 aromatic rings. The second kappa shape index (κ2) is 7.44. The Hall–Kier alpha value is -3.00. The summed E-state index contributed by atoms with van der Waals surface area (Å²) in [5, 5.41) is 10.8. The van der Waals surface area contributed by atoms with Gasteiger partial charge in [0.05, 0.1) is 22.5 Å². The number of hydrazone groups is 1. The van der Waals surface area contributed by atoms with Gasteiger partial charge >= 0.3 is 0 Å². The molecule has 150 valence electrons. The molecule has 4 heterocycles. The van der Waals surface area contributed by atoms with Gasteiger partial charge < -0.3 is 9.88 Å². The molecule has 7 nitrogen and oxygen atoms in total. The van der Waals surface area contributed by atoms with Crippen molar-refractivity contribution in [2.45, 2.75) is 33.9 Å². The zero-order chi connectivity index (χ0) is 20.6. The van der Waals surface area contributed by atoms with E-state index in [9.17, 15) is 9.59 Å². The normalized spacial score (nSPS) is 14.5. The van der Waals surface area contributed by atoms with Gasteiger partial charge in [0, 0.05) is 24.4 Å². The molecular weight excluding hydrogens is 386 g/mol. The van der Waals surface area contributed by atoms with Crippen molar-refractivity contribution in [3.63, 3.8) is 0 Å². The fraction of sp³-hybridized carbons (Fsp3) is 0.333. The molecule has 1 N–H and O–H groups in total. The van der Waals surface area contributed by atoms with E-state index in [0.29, 0.717) is 18.8 Å². The zero-order valence-corrected chi connectivity index (χ0v) is 17.5. The highest BCUT2D eigenvalue weighted by atomic mass is 32.1. The van der Waals surface area contributed by atoms with E-state index in [1.807, 2.05) is 34.2 Å². The van der Waals surface area contributed by atoms with Crippen molar-refractivity contribution in [2.24, 2.45) is 10.5 Å². The molecule has 0 saturated carbocycles. The van der Waals surface area contributed by atoms with E-state index < -0.39 is 0 Å². The molecule has 0 aromatic carbocycles. The van der Waals surface area contributed by atoms with E-state index in [4.69, 9.17) is 0 Å². The Bertz CT molecular complexity index is 1090. The van der Waals surface area contributed by atoms with Gasteiger partial charge in [-0.2, -0.15) is 5.10 Å². The van der Waals surface area contributed by atoms with E-state index in [2.05, 4.69) is 36.2 Å². The van der Waals surface area contributed by atoms with Crippen LogP contribution in [0, 0.1) is 5.41 Å². The number of pyridine rings is 1. The van der Waals surface area contributed by atoms with Crippen LogP contribution in [0.25, 0.3) is 10.2 Å². The van der Waals surface area contributed by atoms with Crippen LogP contribution in [-0.4, -0.2) is 38.6 Å². The lowest BCUT2D eigenvalue weighted by Crippen LogP contribution is -2.38. The first-order chi connectivity index (χ1) is 13.8. The van der Waals surface area contributed by atoms with Gasteiger partial charge in [-0.3, -0.25) is 14.6 Å². The summed E-state index contributed by atoms with van der Waals surface area (Å²) >= 11 is 1.60. The Labute approximate surface area is 173 Å². The second-order valence-corrected chi connectivity index (χ2v) is 9.03. The summed E-state index contributed by atoms with van der Waals surface area (Å²) in [5.41, 5.74) is 3.16. The molecule has 3 aromatic heterocycles. The fourth-order valence-corrected chi connectivity index (χ4v) is 4.04. The van der Waals surface area contributed by atoms with Crippen LogP contribution in [0.3, 0.4) is 0 Å². The highest BCUT2D eigenvalue weighted by Gasteiger charge is 2.31. The number of hydrogen-bond acceptors (Lipinski definition) is 5. The number of amides is 2. The molecule has 0 atom stereocenters. The number of carbonyl (C=O) groups excluding carboxylic acids is 2. The number of thiophene rings is 1. The Kier molecular flexibility index (Phi) is 4.96. The average Bonchev–Trinajstić information content (AvgIpc) is 3.23. The molecule has 4 rings (SSSR count). The maximum atomic E-state index is 13.2. The standard InChI is InChI=1S/C21H23N5O2S/c1-21(2,3)18-12-25-15-6-9-29-17(15)10-16(25)20(28)26(24-18)13-19(27)23-11-14-4-7-22-8-5-14/h4-10H,11-13H2,1-3H3,(H,23,27). The van der Waals surface area contributed by atoms with E-state index in [1.54, 1.807) is 23.7 Å². The topological polar surface area (TPSA) is 79.6 Å². The van der Waals surface area contributed by atoms with Crippen LogP contribution in [0.15, 0.2) is 47.1 Å². The predicted molar refractivity (Wildman–Crippen MR) is 114 cm³/mol. The van der Waals surface area contributed by atoms with Crippen LogP contribution >= 0.6 is 11.3 Å². The average molecular weight is 410 g/mol. The minimum Gasteiger partial charge on any atom is -0.350 e. The molecule has 1 aliphatic heterocycles. The van der Waals surface area contributed by atoms with Crippen molar-refractivity contribution in [3.05, 3.63) is 53.3 Å². The van der Waals surface area contributed by atoms with Crippen molar-refractivity contribution in [1.29, 1.82) is 0 Å². The lowest BCUT2D eigenvalue weighted by molar-refractivity contribution is -0.122. The summed E-state index contributed by atoms with van der Waals surface area (Å²) in [6.07, 6.45) is 3.36. The highest BCUT2D eigenvalue weighted by molar-refractivity contribution is 7.17. The van der Waals surface area contributed by atoms with E-state index >= 15 is 0 Å². The summed E-state index contributed by atoms with van der Waals surface area (Å²) in [6, 6.07) is 7.60. The lowest BCUT2D eigenvalue weighted by Gasteiger charge is -2.23. The number of aromatic nitrogens is 2. The smallest absolute Gasteiger partial charge is 0.291 e. The van der Waals surface area contributed by atoms with E-state index in [0.717, 1.165) is 21.5 Å². The summed E-state index contributed by atoms with van der Waals surface area (Å²) in [7, 11) is 0. The summed E-state index contributed by atoms with van der Waals surface area (Å²) in [6.45, 7) is 6.99. The summed E-state index contributed by atoms with van der Waals surface area (Å²) < 4.78 is 3.07. The molecule has 0 bridgehead atoms. The van der Waals surface area contributed by atoms with Gasteiger partial charge in [-0.05, 0) is 35.2 Å². The molecule has 0 spiro atoms. The third-order valence-electron chi connectivity index (χ3n) is 4.92. The fourth-order valence-electron chi connectivity index (χ4n) is 3.22. The van der Waals surface area contributed by atoms with Gasteiger partial charge in [0.25, 0.3) is 5.91 Å². The Balaban J connectivity index is 1.60. The predicted octanol–water partition coefficient (Wildman–Crippen LogP) is 3.27. The number of hydrogen-bond donors (Lipinski definition) is 1. The van der Waals surface area contributed by atoms with Gasteiger partial charge in [0.1, 0.15) is 12.2 Å². The minimum atomic E-state index is -0.258. The van der Waals surface area contributed by atoms with Crippen LogP contribution in [0.5, 0.6) is 0 Å². The maximum Gasteiger partial charge on any atom is 0.291 e. The molecule has 1 aliphatic rings. The van der Waals surface area contributed by atoms with Crippen LogP contribution in [-0.2, 0) is 17.9 Å². The number of rotatable bonds is 4. The molecule has 0 radical (unpaired) electrons. The molecule has 8 heteroatoms. The second-order valence-electron chi connectivity index (χ2n) is 8.08. The van der Waals surface area contributed by atoms with Gasteiger partial charge in [-0.1, -0.05) is 20.8 Å². The number of fused-ring (bicyclic) bond motifs is 3. The van der Waals surface area contributed by atoms with Gasteiger partial charge in [-0.15, -0.1) is 11.3 Å². The molecular formula is C21H23N5O2S. The van der Waals surface area contributed by atoms with Crippen molar-refractivity contribution in [2.75, 3.05) is 6.54 Å². The van der Waals surface area contributed by atoms with Crippen molar-refractivity contribution in [1.82, 2.24) is 19.9 Å². The molecule has 0 fully saturated rings. The third-order valence-corrected chi connectivity index (χ3v) is 5.78. The van der Waals surface area contributed by atoms with Crippen molar-refractivity contribution >= 4 is 39.1 Å². The molecule has 0 saturated heterocycles. The third kappa shape index (κ3) is 3.93. The van der Waals surface area contributed by atoms with E-state index in [-0.39, 0.29) is 23.8 Å². The molecule has 0 unspecified atom stereocenters. The summed E-state index contributed by atoms with van der Waals surface area (Å²) in [5.74, 6) is -0.513. The Morgan fingerprint density at radius 1 is 1.24 bits per heavy atom. The van der Waals surface area contributed by atoms with Crippen molar-refractivity contribution < 1.29 is 9.59 Å². The van der Waals surface area contributed by atoms with Crippen LogP contribution in [0.2, 0.25) is 0 Å². The largest absolute Gasteiger partial charge is 0.350 e. The van der Waals surface area contributed by atoms with Crippen LogP contribution in [0.1, 0.15) is 36.8 Å². The maximum absolute atomic E-state index is 13.2.